The average molecular weight is 232 g/mol. The molecule has 0 radical (unpaired) electrons. The third-order valence-electron chi connectivity index (χ3n) is 3.56. The molecule has 2 heterocycles. The molecule has 2 aliphatic rings. The molecule has 2 rings (SSSR count). The van der Waals surface area contributed by atoms with E-state index in [1.54, 1.807) is 0 Å². The molecule has 3 heteroatoms. The second-order valence-corrected chi connectivity index (χ2v) is 5.83. The summed E-state index contributed by atoms with van der Waals surface area (Å²) in [5.74, 6) is 1.57. The SMILES string of the molecule is CC1CC(Cl)CN(CCC2CCOC2)C1. The predicted octanol–water partition coefficient (Wildman–Crippen LogP) is 2.36. The summed E-state index contributed by atoms with van der Waals surface area (Å²) in [5, 5.41) is 0.369. The first-order valence-corrected chi connectivity index (χ1v) is 6.62. The van der Waals surface area contributed by atoms with Gasteiger partial charge in [0, 0.05) is 31.7 Å². The Morgan fingerprint density at radius 3 is 2.93 bits per heavy atom. The molecule has 0 aromatic rings. The third kappa shape index (κ3) is 3.61. The fraction of sp³-hybridized carbons (Fsp3) is 1.00. The van der Waals surface area contributed by atoms with Gasteiger partial charge in [-0.25, -0.2) is 0 Å². The van der Waals surface area contributed by atoms with Gasteiger partial charge in [-0.1, -0.05) is 6.92 Å². The van der Waals surface area contributed by atoms with E-state index in [1.807, 2.05) is 0 Å². The van der Waals surface area contributed by atoms with E-state index in [0.29, 0.717) is 5.38 Å². The van der Waals surface area contributed by atoms with Gasteiger partial charge in [-0.15, -0.1) is 11.6 Å². The van der Waals surface area contributed by atoms with Gasteiger partial charge in [0.05, 0.1) is 0 Å². The number of hydrogen-bond donors (Lipinski definition) is 0. The smallest absolute Gasteiger partial charge is 0.0495 e. The Labute approximate surface area is 97.9 Å². The molecule has 0 saturated carbocycles. The molecular weight excluding hydrogens is 210 g/mol. The van der Waals surface area contributed by atoms with Crippen molar-refractivity contribution in [3.8, 4) is 0 Å². The van der Waals surface area contributed by atoms with Crippen molar-refractivity contribution in [2.24, 2.45) is 11.8 Å². The number of hydrogen-bond acceptors (Lipinski definition) is 2. The van der Waals surface area contributed by atoms with Crippen LogP contribution in [0.4, 0.5) is 0 Å². The van der Waals surface area contributed by atoms with Gasteiger partial charge in [-0.05, 0) is 37.6 Å². The lowest BCUT2D eigenvalue weighted by molar-refractivity contribution is 0.160. The topological polar surface area (TPSA) is 12.5 Å². The van der Waals surface area contributed by atoms with Crippen LogP contribution in [0.15, 0.2) is 0 Å². The molecule has 0 amide bonds. The lowest BCUT2D eigenvalue weighted by Crippen LogP contribution is -2.41. The zero-order valence-corrected chi connectivity index (χ0v) is 10.4. The molecule has 88 valence electrons. The van der Waals surface area contributed by atoms with Crippen molar-refractivity contribution in [1.29, 1.82) is 0 Å². The van der Waals surface area contributed by atoms with Gasteiger partial charge in [-0.2, -0.15) is 0 Å². The van der Waals surface area contributed by atoms with Crippen LogP contribution in [0.1, 0.15) is 26.2 Å². The lowest BCUT2D eigenvalue weighted by Gasteiger charge is -2.34. The maximum Gasteiger partial charge on any atom is 0.0495 e. The fourth-order valence-electron chi connectivity index (χ4n) is 2.74. The highest BCUT2D eigenvalue weighted by molar-refractivity contribution is 6.20. The van der Waals surface area contributed by atoms with Crippen LogP contribution in [-0.4, -0.2) is 43.1 Å². The molecule has 0 N–H and O–H groups in total. The van der Waals surface area contributed by atoms with Crippen LogP contribution in [-0.2, 0) is 4.74 Å². The molecule has 0 spiro atoms. The maximum atomic E-state index is 6.24. The second-order valence-electron chi connectivity index (χ2n) is 5.22. The fourth-order valence-corrected chi connectivity index (χ4v) is 3.24. The molecule has 2 fully saturated rings. The van der Waals surface area contributed by atoms with Gasteiger partial charge in [0.25, 0.3) is 0 Å². The quantitative estimate of drug-likeness (QED) is 0.692. The minimum absolute atomic E-state index is 0.369. The van der Waals surface area contributed by atoms with E-state index in [2.05, 4.69) is 11.8 Å². The lowest BCUT2D eigenvalue weighted by atomic mass is 9.98. The van der Waals surface area contributed by atoms with Gasteiger partial charge in [0.1, 0.15) is 0 Å². The Morgan fingerprint density at radius 1 is 1.40 bits per heavy atom. The van der Waals surface area contributed by atoms with Gasteiger partial charge in [0.15, 0.2) is 0 Å². The zero-order chi connectivity index (χ0) is 10.7. The van der Waals surface area contributed by atoms with E-state index in [4.69, 9.17) is 16.3 Å². The van der Waals surface area contributed by atoms with E-state index in [-0.39, 0.29) is 0 Å². The number of ether oxygens (including phenoxy) is 1. The van der Waals surface area contributed by atoms with Crippen molar-refractivity contribution < 1.29 is 4.74 Å². The number of likely N-dealkylation sites (tertiary alicyclic amines) is 1. The van der Waals surface area contributed by atoms with Crippen molar-refractivity contribution in [3.63, 3.8) is 0 Å². The van der Waals surface area contributed by atoms with Crippen molar-refractivity contribution in [1.82, 2.24) is 4.90 Å². The summed E-state index contributed by atoms with van der Waals surface area (Å²) in [4.78, 5) is 2.53. The van der Waals surface area contributed by atoms with Crippen LogP contribution in [0.5, 0.6) is 0 Å². The highest BCUT2D eigenvalue weighted by Crippen LogP contribution is 2.22. The normalized spacial score (nSPS) is 38.4. The molecule has 0 aromatic heterocycles. The van der Waals surface area contributed by atoms with E-state index in [1.165, 1.54) is 32.4 Å². The van der Waals surface area contributed by atoms with Gasteiger partial charge in [-0.3, -0.25) is 0 Å². The minimum Gasteiger partial charge on any atom is -0.381 e. The van der Waals surface area contributed by atoms with Crippen molar-refractivity contribution in [3.05, 3.63) is 0 Å². The Bertz CT molecular complexity index is 184. The molecular formula is C12H22ClNO. The van der Waals surface area contributed by atoms with Gasteiger partial charge >= 0.3 is 0 Å². The first-order chi connectivity index (χ1) is 7.24. The van der Waals surface area contributed by atoms with Crippen LogP contribution < -0.4 is 0 Å². The number of nitrogens with zero attached hydrogens (tertiary/aromatic N) is 1. The summed E-state index contributed by atoms with van der Waals surface area (Å²) >= 11 is 6.24. The minimum atomic E-state index is 0.369. The van der Waals surface area contributed by atoms with Gasteiger partial charge in [0.2, 0.25) is 0 Å². The Morgan fingerprint density at radius 2 is 2.27 bits per heavy atom. The summed E-state index contributed by atoms with van der Waals surface area (Å²) in [7, 11) is 0. The summed E-state index contributed by atoms with van der Waals surface area (Å²) in [6, 6.07) is 0. The van der Waals surface area contributed by atoms with Gasteiger partial charge < -0.3 is 9.64 Å². The van der Waals surface area contributed by atoms with E-state index in [9.17, 15) is 0 Å². The molecule has 2 aliphatic heterocycles. The van der Waals surface area contributed by atoms with Crippen LogP contribution >= 0.6 is 11.6 Å². The number of halogens is 1. The summed E-state index contributed by atoms with van der Waals surface area (Å²) in [5.41, 5.74) is 0. The first kappa shape index (κ1) is 11.7. The van der Waals surface area contributed by atoms with Crippen molar-refractivity contribution in [2.45, 2.75) is 31.6 Å². The summed E-state index contributed by atoms with van der Waals surface area (Å²) in [6.07, 6.45) is 3.73. The molecule has 3 unspecified atom stereocenters. The molecule has 15 heavy (non-hydrogen) atoms. The highest BCUT2D eigenvalue weighted by Gasteiger charge is 2.24. The standard InChI is InChI=1S/C12H22ClNO/c1-10-6-12(13)8-14(7-10)4-2-11-3-5-15-9-11/h10-12H,2-9H2,1H3. The number of alkyl halides is 1. The largest absolute Gasteiger partial charge is 0.381 e. The van der Waals surface area contributed by atoms with E-state index < -0.39 is 0 Å². The Hall–Kier alpha value is 0.210. The Balaban J connectivity index is 1.69. The monoisotopic (exact) mass is 231 g/mol. The van der Waals surface area contributed by atoms with Crippen molar-refractivity contribution in [2.75, 3.05) is 32.8 Å². The molecule has 0 bridgehead atoms. The number of rotatable bonds is 3. The summed E-state index contributed by atoms with van der Waals surface area (Å²) < 4.78 is 5.39. The average Bonchev–Trinajstić information content (AvgIpc) is 2.65. The second kappa shape index (κ2) is 5.51. The van der Waals surface area contributed by atoms with E-state index in [0.717, 1.165) is 31.6 Å². The number of piperidine rings is 1. The molecule has 3 atom stereocenters. The predicted molar refractivity (Wildman–Crippen MR) is 63.4 cm³/mol. The van der Waals surface area contributed by atoms with Crippen LogP contribution in [0, 0.1) is 11.8 Å². The Kier molecular flexibility index (Phi) is 4.30. The van der Waals surface area contributed by atoms with E-state index >= 15 is 0 Å². The zero-order valence-electron chi connectivity index (χ0n) is 9.62. The van der Waals surface area contributed by atoms with Crippen LogP contribution in [0.2, 0.25) is 0 Å². The van der Waals surface area contributed by atoms with Crippen molar-refractivity contribution >= 4 is 11.6 Å². The molecule has 2 saturated heterocycles. The molecule has 2 nitrogen and oxygen atoms in total. The highest BCUT2D eigenvalue weighted by atomic mass is 35.5. The molecule has 0 aromatic carbocycles. The third-order valence-corrected chi connectivity index (χ3v) is 3.88. The summed E-state index contributed by atoms with van der Waals surface area (Å²) in [6.45, 7) is 7.78. The van der Waals surface area contributed by atoms with Crippen LogP contribution in [0.25, 0.3) is 0 Å². The van der Waals surface area contributed by atoms with Crippen LogP contribution in [0.3, 0.4) is 0 Å². The first-order valence-electron chi connectivity index (χ1n) is 6.18. The molecule has 0 aliphatic carbocycles. The maximum absolute atomic E-state index is 6.24.